The number of benzene rings is 1. The fourth-order valence-electron chi connectivity index (χ4n) is 2.19. The Bertz CT molecular complexity index is 417. The van der Waals surface area contributed by atoms with Gasteiger partial charge in [0.2, 0.25) is 0 Å². The van der Waals surface area contributed by atoms with Crippen LogP contribution in [0.25, 0.3) is 0 Å². The van der Waals surface area contributed by atoms with E-state index >= 15 is 0 Å². The number of hydrogen-bond donors (Lipinski definition) is 2. The normalized spacial score (nSPS) is 25.2. The molecule has 1 aromatic carbocycles. The predicted octanol–water partition coefficient (Wildman–Crippen LogP) is 2.40. The molecule has 0 bridgehead atoms. The van der Waals surface area contributed by atoms with Crippen molar-refractivity contribution in [2.45, 2.75) is 37.6 Å². The predicted molar refractivity (Wildman–Crippen MR) is 57.3 cm³/mol. The molecule has 2 atom stereocenters. The quantitative estimate of drug-likeness (QED) is 0.689. The van der Waals surface area contributed by atoms with Crippen LogP contribution in [-0.4, -0.2) is 11.1 Å². The molecular weight excluding hydrogens is 231 g/mol. The highest BCUT2D eigenvalue weighted by atomic mass is 19.4. The van der Waals surface area contributed by atoms with E-state index in [1.54, 1.807) is 0 Å². The van der Waals surface area contributed by atoms with Crippen LogP contribution >= 0.6 is 0 Å². The average molecular weight is 245 g/mol. The summed E-state index contributed by atoms with van der Waals surface area (Å²) in [4.78, 5) is 0. The van der Waals surface area contributed by atoms with Crippen molar-refractivity contribution in [3.63, 3.8) is 0 Å². The van der Waals surface area contributed by atoms with Crippen molar-refractivity contribution in [3.8, 4) is 0 Å². The minimum absolute atomic E-state index is 0.324. The number of rotatable bonds is 0. The van der Waals surface area contributed by atoms with Crippen molar-refractivity contribution in [1.82, 2.24) is 0 Å². The number of hydrogen-bond acceptors (Lipinski definition) is 2. The summed E-state index contributed by atoms with van der Waals surface area (Å²) < 4.78 is 37.7. The van der Waals surface area contributed by atoms with E-state index in [-0.39, 0.29) is 0 Å². The van der Waals surface area contributed by atoms with Gasteiger partial charge in [-0.15, -0.1) is 0 Å². The van der Waals surface area contributed by atoms with Crippen LogP contribution in [0, 0.1) is 0 Å². The summed E-state index contributed by atoms with van der Waals surface area (Å²) in [7, 11) is 0. The SMILES string of the molecule is N[C@@H]1CCCc2ccc(C(F)(F)F)cc2[C@@H]1O. The number of aryl methyl sites for hydroxylation is 1. The first-order valence-corrected chi connectivity index (χ1v) is 5.53. The van der Waals surface area contributed by atoms with Crippen LogP contribution in [0.15, 0.2) is 18.2 Å². The lowest BCUT2D eigenvalue weighted by atomic mass is 9.96. The Morgan fingerprint density at radius 1 is 1.29 bits per heavy atom. The van der Waals surface area contributed by atoms with Crippen molar-refractivity contribution >= 4 is 0 Å². The zero-order chi connectivity index (χ0) is 12.6. The summed E-state index contributed by atoms with van der Waals surface area (Å²) in [6.45, 7) is 0. The highest BCUT2D eigenvalue weighted by Crippen LogP contribution is 2.34. The van der Waals surface area contributed by atoms with Gasteiger partial charge in [-0.3, -0.25) is 0 Å². The number of aliphatic hydroxyl groups excluding tert-OH is 1. The second-order valence-electron chi connectivity index (χ2n) is 4.41. The third-order valence-corrected chi connectivity index (χ3v) is 3.18. The molecule has 0 heterocycles. The van der Waals surface area contributed by atoms with E-state index in [0.29, 0.717) is 18.4 Å². The number of aliphatic hydroxyl groups is 1. The molecule has 3 N–H and O–H groups in total. The Morgan fingerprint density at radius 3 is 2.65 bits per heavy atom. The fourth-order valence-corrected chi connectivity index (χ4v) is 2.19. The molecule has 0 amide bonds. The smallest absolute Gasteiger partial charge is 0.387 e. The molecule has 0 saturated carbocycles. The molecule has 94 valence electrons. The van der Waals surface area contributed by atoms with E-state index in [0.717, 1.165) is 24.1 Å². The van der Waals surface area contributed by atoms with Gasteiger partial charge in [0.15, 0.2) is 0 Å². The van der Waals surface area contributed by atoms with E-state index in [1.165, 1.54) is 6.07 Å². The Hall–Kier alpha value is -1.07. The van der Waals surface area contributed by atoms with Crippen LogP contribution in [0.4, 0.5) is 13.2 Å². The third kappa shape index (κ3) is 2.45. The van der Waals surface area contributed by atoms with Gasteiger partial charge in [-0.25, -0.2) is 0 Å². The summed E-state index contributed by atoms with van der Waals surface area (Å²) in [5.74, 6) is 0. The summed E-state index contributed by atoms with van der Waals surface area (Å²) in [6, 6.07) is 3.03. The van der Waals surface area contributed by atoms with E-state index in [9.17, 15) is 18.3 Å². The van der Waals surface area contributed by atoms with Gasteiger partial charge in [0.25, 0.3) is 0 Å². The van der Waals surface area contributed by atoms with E-state index < -0.39 is 23.9 Å². The molecule has 2 rings (SSSR count). The van der Waals surface area contributed by atoms with Gasteiger partial charge in [-0.2, -0.15) is 13.2 Å². The molecule has 0 radical (unpaired) electrons. The van der Waals surface area contributed by atoms with Gasteiger partial charge in [0.05, 0.1) is 11.7 Å². The number of halogens is 3. The van der Waals surface area contributed by atoms with Gasteiger partial charge in [-0.05, 0) is 42.5 Å². The first-order valence-electron chi connectivity index (χ1n) is 5.53. The Morgan fingerprint density at radius 2 is 2.00 bits per heavy atom. The van der Waals surface area contributed by atoms with Crippen LogP contribution < -0.4 is 5.73 Å². The molecule has 0 fully saturated rings. The molecule has 0 saturated heterocycles. The number of nitrogens with two attached hydrogens (primary N) is 1. The van der Waals surface area contributed by atoms with Crippen molar-refractivity contribution in [3.05, 3.63) is 34.9 Å². The molecule has 2 nitrogen and oxygen atoms in total. The number of fused-ring (bicyclic) bond motifs is 1. The Kier molecular flexibility index (Phi) is 3.14. The molecule has 1 aliphatic rings. The lowest BCUT2D eigenvalue weighted by Crippen LogP contribution is -2.27. The molecule has 1 aromatic rings. The van der Waals surface area contributed by atoms with Gasteiger partial charge in [-0.1, -0.05) is 6.07 Å². The van der Waals surface area contributed by atoms with Crippen molar-refractivity contribution < 1.29 is 18.3 Å². The maximum absolute atomic E-state index is 12.6. The second kappa shape index (κ2) is 4.31. The minimum Gasteiger partial charge on any atom is -0.387 e. The maximum Gasteiger partial charge on any atom is 0.416 e. The lowest BCUT2D eigenvalue weighted by Gasteiger charge is -2.19. The Labute approximate surface area is 97.2 Å². The van der Waals surface area contributed by atoms with E-state index in [1.807, 2.05) is 0 Å². The molecule has 0 spiro atoms. The Balaban J connectivity index is 2.46. The van der Waals surface area contributed by atoms with Crippen molar-refractivity contribution in [2.24, 2.45) is 5.73 Å². The van der Waals surface area contributed by atoms with Crippen LogP contribution in [0.5, 0.6) is 0 Å². The standard InChI is InChI=1S/C12H14F3NO/c13-12(14,15)8-5-4-7-2-1-3-10(16)11(17)9(7)6-8/h4-6,10-11,17H,1-3,16H2/t10-,11+/m1/s1. The molecule has 0 aromatic heterocycles. The van der Waals surface area contributed by atoms with Crippen LogP contribution in [0.3, 0.4) is 0 Å². The molecule has 1 aliphatic carbocycles. The fraction of sp³-hybridized carbons (Fsp3) is 0.500. The summed E-state index contributed by atoms with van der Waals surface area (Å²) in [5.41, 5.74) is 6.08. The molecule has 17 heavy (non-hydrogen) atoms. The first-order chi connectivity index (χ1) is 7.89. The third-order valence-electron chi connectivity index (χ3n) is 3.18. The lowest BCUT2D eigenvalue weighted by molar-refractivity contribution is -0.137. The zero-order valence-corrected chi connectivity index (χ0v) is 9.17. The van der Waals surface area contributed by atoms with E-state index in [2.05, 4.69) is 0 Å². The molecule has 5 heteroatoms. The molecule has 0 unspecified atom stereocenters. The highest BCUT2D eigenvalue weighted by molar-refractivity contribution is 5.36. The summed E-state index contributed by atoms with van der Waals surface area (Å²) in [6.07, 6.45) is -3.31. The maximum atomic E-state index is 12.6. The van der Waals surface area contributed by atoms with Crippen LogP contribution in [-0.2, 0) is 12.6 Å². The number of alkyl halides is 3. The monoisotopic (exact) mass is 245 g/mol. The summed E-state index contributed by atoms with van der Waals surface area (Å²) >= 11 is 0. The van der Waals surface area contributed by atoms with Crippen molar-refractivity contribution in [2.75, 3.05) is 0 Å². The average Bonchev–Trinajstić information content (AvgIpc) is 2.39. The second-order valence-corrected chi connectivity index (χ2v) is 4.41. The summed E-state index contributed by atoms with van der Waals surface area (Å²) in [5, 5.41) is 9.91. The van der Waals surface area contributed by atoms with Gasteiger partial charge in [0, 0.05) is 6.04 Å². The van der Waals surface area contributed by atoms with Crippen LogP contribution in [0.1, 0.15) is 35.6 Å². The van der Waals surface area contributed by atoms with Crippen LogP contribution in [0.2, 0.25) is 0 Å². The first kappa shape index (κ1) is 12.4. The topological polar surface area (TPSA) is 46.2 Å². The van der Waals surface area contributed by atoms with Gasteiger partial charge < -0.3 is 10.8 Å². The molecular formula is C12H14F3NO. The van der Waals surface area contributed by atoms with Gasteiger partial charge >= 0.3 is 6.18 Å². The minimum atomic E-state index is -4.38. The largest absolute Gasteiger partial charge is 0.416 e. The van der Waals surface area contributed by atoms with Crippen molar-refractivity contribution in [1.29, 1.82) is 0 Å². The highest BCUT2D eigenvalue weighted by Gasteiger charge is 2.33. The molecule has 0 aliphatic heterocycles. The zero-order valence-electron chi connectivity index (χ0n) is 9.17. The van der Waals surface area contributed by atoms with Gasteiger partial charge in [0.1, 0.15) is 0 Å². The van der Waals surface area contributed by atoms with E-state index in [4.69, 9.17) is 5.73 Å².